The highest BCUT2D eigenvalue weighted by molar-refractivity contribution is 7.14. The van der Waals surface area contributed by atoms with Crippen molar-refractivity contribution in [3.63, 3.8) is 0 Å². The molecule has 3 aromatic rings. The number of aromatic nitrogens is 1. The maximum atomic E-state index is 14.5. The zero-order valence-electron chi connectivity index (χ0n) is 21.8. The van der Waals surface area contributed by atoms with Gasteiger partial charge in [0.1, 0.15) is 17.4 Å². The van der Waals surface area contributed by atoms with Crippen LogP contribution in [0, 0.1) is 17.6 Å². The van der Waals surface area contributed by atoms with E-state index in [9.17, 15) is 18.4 Å². The number of benzene rings is 2. The summed E-state index contributed by atoms with van der Waals surface area (Å²) in [5, 5.41) is 13.5. The van der Waals surface area contributed by atoms with Gasteiger partial charge in [-0.25, -0.2) is 18.6 Å². The van der Waals surface area contributed by atoms with Crippen molar-refractivity contribution in [2.45, 2.75) is 39.0 Å². The number of carboxylic acids is 1. The van der Waals surface area contributed by atoms with Crippen LogP contribution in [0.15, 0.2) is 41.3 Å². The Bertz CT molecular complexity index is 1360. The number of carboxylic acid groups (broad SMARTS) is 1. The van der Waals surface area contributed by atoms with E-state index >= 15 is 0 Å². The summed E-state index contributed by atoms with van der Waals surface area (Å²) in [6.45, 7) is 2.74. The van der Waals surface area contributed by atoms with Gasteiger partial charge in [-0.05, 0) is 68.4 Å². The molecule has 1 fully saturated rings. The van der Waals surface area contributed by atoms with E-state index in [1.165, 1.54) is 37.5 Å². The lowest BCUT2D eigenvalue weighted by atomic mass is 9.86. The van der Waals surface area contributed by atoms with E-state index in [0.717, 1.165) is 48.8 Å². The van der Waals surface area contributed by atoms with Crippen molar-refractivity contribution in [3.05, 3.63) is 69.6 Å². The van der Waals surface area contributed by atoms with Gasteiger partial charge in [0.2, 0.25) is 0 Å². The molecule has 0 radical (unpaired) electrons. The molecule has 7 nitrogen and oxygen atoms in total. The number of ether oxygens (including phenoxy) is 2. The molecule has 1 amide bonds. The largest absolute Gasteiger partial charge is 0.496 e. The highest BCUT2D eigenvalue weighted by Crippen LogP contribution is 2.35. The van der Waals surface area contributed by atoms with Gasteiger partial charge in [-0.3, -0.25) is 10.1 Å². The van der Waals surface area contributed by atoms with Gasteiger partial charge in [0.05, 0.1) is 12.8 Å². The number of carbonyl (C=O) groups is 2. The lowest BCUT2D eigenvalue weighted by molar-refractivity contribution is -0.132. The van der Waals surface area contributed by atoms with Gasteiger partial charge in [0, 0.05) is 40.9 Å². The van der Waals surface area contributed by atoms with Crippen LogP contribution in [0.25, 0.3) is 17.3 Å². The third-order valence-electron chi connectivity index (χ3n) is 6.65. The second kappa shape index (κ2) is 12.9. The minimum Gasteiger partial charge on any atom is -0.496 e. The first-order valence-electron chi connectivity index (χ1n) is 12.7. The molecule has 0 aliphatic heterocycles. The number of anilines is 1. The number of hydrogen-bond acceptors (Lipinski definition) is 6. The van der Waals surface area contributed by atoms with Gasteiger partial charge in [-0.15, -0.1) is 11.3 Å². The van der Waals surface area contributed by atoms with Gasteiger partial charge in [0.15, 0.2) is 5.13 Å². The Morgan fingerprint density at radius 3 is 2.62 bits per heavy atom. The number of amides is 1. The van der Waals surface area contributed by atoms with Crippen LogP contribution in [0.4, 0.5) is 13.9 Å². The monoisotopic (exact) mass is 556 g/mol. The fourth-order valence-electron chi connectivity index (χ4n) is 4.25. The molecule has 1 aliphatic rings. The molecule has 0 spiro atoms. The first kappa shape index (κ1) is 28.4. The smallest absolute Gasteiger partial charge is 0.331 e. The number of hydrogen-bond donors (Lipinski definition) is 2. The summed E-state index contributed by atoms with van der Waals surface area (Å²) in [6, 6.07) is 7.52. The van der Waals surface area contributed by atoms with Gasteiger partial charge >= 0.3 is 5.97 Å². The Morgan fingerprint density at radius 2 is 1.97 bits per heavy atom. The van der Waals surface area contributed by atoms with Crippen molar-refractivity contribution in [1.29, 1.82) is 0 Å². The van der Waals surface area contributed by atoms with Gasteiger partial charge in [0.25, 0.3) is 5.91 Å². The maximum Gasteiger partial charge on any atom is 0.331 e. The topological polar surface area (TPSA) is 97.8 Å². The number of nitrogens with one attached hydrogen (secondary N) is 1. The maximum absolute atomic E-state index is 14.5. The van der Waals surface area contributed by atoms with Crippen LogP contribution in [-0.4, -0.2) is 42.3 Å². The fraction of sp³-hybridized carbons (Fsp3) is 0.345. The Morgan fingerprint density at radius 1 is 1.23 bits per heavy atom. The van der Waals surface area contributed by atoms with Gasteiger partial charge in [-0.2, -0.15) is 0 Å². The average molecular weight is 557 g/mol. The molecule has 1 aromatic heterocycles. The van der Waals surface area contributed by atoms with Crippen LogP contribution in [0.3, 0.4) is 0 Å². The van der Waals surface area contributed by atoms with Crippen LogP contribution in [0.5, 0.6) is 5.75 Å². The summed E-state index contributed by atoms with van der Waals surface area (Å²) < 4.78 is 40.5. The molecule has 0 bridgehead atoms. The summed E-state index contributed by atoms with van der Waals surface area (Å²) in [4.78, 5) is 28.2. The number of carbonyl (C=O) groups excluding carboxylic acids is 1. The van der Waals surface area contributed by atoms with Crippen LogP contribution in [0.2, 0.25) is 0 Å². The number of aliphatic carboxylic acids is 1. The van der Waals surface area contributed by atoms with E-state index in [4.69, 9.17) is 14.6 Å². The van der Waals surface area contributed by atoms with E-state index in [1.54, 1.807) is 12.5 Å². The normalized spacial score (nSPS) is 13.7. The molecule has 2 aromatic carbocycles. The van der Waals surface area contributed by atoms with Crippen molar-refractivity contribution >= 4 is 34.4 Å². The number of aryl methyl sites for hydroxylation is 1. The second-order valence-corrected chi connectivity index (χ2v) is 10.3. The quantitative estimate of drug-likeness (QED) is 0.193. The number of thiazole rings is 1. The standard InChI is InChI=1S/C29H30F2N2O5S/c1-17(28(35)36)12-22-23(30)13-20(14-24(22)31)27(34)33-29-32-25(16-39-29)21-10-4-8-19(26(21)37-2)9-5-11-38-15-18-6-3-7-18/h4,8,10,12-14,16,18H,3,5-7,9,11,15H2,1-2H3,(H,35,36)(H,32,33,34). The van der Waals surface area contributed by atoms with Crippen molar-refractivity contribution in [2.24, 2.45) is 5.92 Å². The summed E-state index contributed by atoms with van der Waals surface area (Å²) in [5.41, 5.74) is 1.36. The van der Waals surface area contributed by atoms with Gasteiger partial charge in [-0.1, -0.05) is 18.6 Å². The predicted molar refractivity (Wildman–Crippen MR) is 146 cm³/mol. The third-order valence-corrected chi connectivity index (χ3v) is 7.41. The molecule has 1 saturated carbocycles. The van der Waals surface area contributed by atoms with Crippen molar-refractivity contribution in [2.75, 3.05) is 25.6 Å². The van der Waals surface area contributed by atoms with Crippen LogP contribution >= 0.6 is 11.3 Å². The molecule has 39 heavy (non-hydrogen) atoms. The van der Waals surface area contributed by atoms with Gasteiger partial charge < -0.3 is 14.6 Å². The summed E-state index contributed by atoms with van der Waals surface area (Å²) in [7, 11) is 1.60. The summed E-state index contributed by atoms with van der Waals surface area (Å²) in [6.07, 6.45) is 6.35. The first-order valence-corrected chi connectivity index (χ1v) is 13.6. The lowest BCUT2D eigenvalue weighted by Crippen LogP contribution is -2.17. The lowest BCUT2D eigenvalue weighted by Gasteiger charge is -2.24. The molecule has 0 atom stereocenters. The Labute approximate surface area is 229 Å². The Hall–Kier alpha value is -3.63. The highest BCUT2D eigenvalue weighted by atomic mass is 32.1. The van der Waals surface area contributed by atoms with E-state index in [-0.39, 0.29) is 16.3 Å². The fourth-order valence-corrected chi connectivity index (χ4v) is 4.96. The Balaban J connectivity index is 1.43. The average Bonchev–Trinajstić information content (AvgIpc) is 3.34. The minimum absolute atomic E-state index is 0.239. The van der Waals surface area contributed by atoms with Crippen LogP contribution in [-0.2, 0) is 16.0 Å². The zero-order valence-corrected chi connectivity index (χ0v) is 22.6. The highest BCUT2D eigenvalue weighted by Gasteiger charge is 2.19. The zero-order chi connectivity index (χ0) is 27.9. The molecular formula is C29H30F2N2O5S. The molecule has 206 valence electrons. The van der Waals surface area contributed by atoms with E-state index in [2.05, 4.69) is 10.3 Å². The number of rotatable bonds is 12. The van der Waals surface area contributed by atoms with E-state index in [1.807, 2.05) is 18.2 Å². The summed E-state index contributed by atoms with van der Waals surface area (Å²) >= 11 is 1.17. The Kier molecular flexibility index (Phi) is 9.42. The summed E-state index contributed by atoms with van der Waals surface area (Å²) in [5.74, 6) is -2.73. The van der Waals surface area contributed by atoms with Crippen molar-refractivity contribution in [1.82, 2.24) is 4.98 Å². The number of methoxy groups -OCH3 is 1. The number of nitrogens with zero attached hydrogens (tertiary/aromatic N) is 1. The van der Waals surface area contributed by atoms with Crippen LogP contribution < -0.4 is 10.1 Å². The minimum atomic E-state index is -1.30. The molecule has 0 saturated heterocycles. The van der Waals surface area contributed by atoms with E-state index in [0.29, 0.717) is 24.0 Å². The molecule has 4 rings (SSSR count). The molecule has 1 aliphatic carbocycles. The third kappa shape index (κ3) is 7.07. The number of halogens is 2. The molecule has 10 heteroatoms. The van der Waals surface area contributed by atoms with E-state index < -0.39 is 29.1 Å². The molecule has 1 heterocycles. The predicted octanol–water partition coefficient (Wildman–Crippen LogP) is 6.59. The first-order chi connectivity index (χ1) is 18.8. The van der Waals surface area contributed by atoms with Crippen LogP contribution in [0.1, 0.15) is 54.1 Å². The SMILES string of the molecule is COc1c(CCCOCC2CCC2)cccc1-c1csc(NC(=O)c2cc(F)c(C=C(C)C(=O)O)c(F)c2)n1. The molecule has 0 unspecified atom stereocenters. The molecular weight excluding hydrogens is 526 g/mol. The molecule has 2 N–H and O–H groups in total. The second-order valence-electron chi connectivity index (χ2n) is 9.45. The van der Waals surface area contributed by atoms with Crippen molar-refractivity contribution < 1.29 is 33.0 Å². The number of para-hydroxylation sites is 1. The van der Waals surface area contributed by atoms with Crippen molar-refractivity contribution in [3.8, 4) is 17.0 Å².